The molecule has 0 saturated heterocycles. The van der Waals surface area contributed by atoms with Crippen LogP contribution < -0.4 is 26.2 Å². The summed E-state index contributed by atoms with van der Waals surface area (Å²) in [6.45, 7) is 6.72. The maximum atomic E-state index is 13.3. The number of hydrogen-bond acceptors (Lipinski definition) is 7. The second kappa shape index (κ2) is 8.46. The largest absolute Gasteiger partial charge is 0.380 e. The summed E-state index contributed by atoms with van der Waals surface area (Å²) in [4.78, 5) is 29.2. The van der Waals surface area contributed by atoms with E-state index in [1.54, 1.807) is 12.3 Å². The molecule has 1 atom stereocenters. The van der Waals surface area contributed by atoms with Gasteiger partial charge in [-0.15, -0.1) is 0 Å². The number of pyridine rings is 1. The highest BCUT2D eigenvalue weighted by Gasteiger charge is 2.33. The highest BCUT2D eigenvalue weighted by Crippen LogP contribution is 2.44. The molecule has 0 amide bonds. The zero-order valence-electron chi connectivity index (χ0n) is 19.7. The van der Waals surface area contributed by atoms with Gasteiger partial charge in [-0.1, -0.05) is 13.8 Å². The number of aromatic nitrogens is 1. The third-order valence-corrected chi connectivity index (χ3v) is 8.20. The lowest BCUT2D eigenvalue weighted by Crippen LogP contribution is -2.38. The van der Waals surface area contributed by atoms with E-state index in [0.717, 1.165) is 35.0 Å². The first-order valence-electron chi connectivity index (χ1n) is 12.0. The number of nitrogens with zero attached hydrogens (tertiary/aromatic N) is 1. The lowest BCUT2D eigenvalue weighted by Gasteiger charge is -2.21. The first kappa shape index (κ1) is 23.0. The molecule has 0 spiro atoms. The molecule has 1 fully saturated rings. The summed E-state index contributed by atoms with van der Waals surface area (Å²) in [6.07, 6.45) is 5.29. The summed E-state index contributed by atoms with van der Waals surface area (Å²) < 4.78 is 29.4. The highest BCUT2D eigenvalue weighted by molar-refractivity contribution is 7.89. The summed E-state index contributed by atoms with van der Waals surface area (Å²) in [7, 11) is -3.71. The second-order valence-electron chi connectivity index (χ2n) is 9.80. The van der Waals surface area contributed by atoms with Gasteiger partial charge in [0.2, 0.25) is 10.0 Å². The van der Waals surface area contributed by atoms with Crippen LogP contribution in [0.3, 0.4) is 0 Å². The molecule has 9 heteroatoms. The molecule has 8 nitrogen and oxygen atoms in total. The number of anilines is 2. The van der Waals surface area contributed by atoms with Crippen molar-refractivity contribution in [1.29, 1.82) is 0 Å². The lowest BCUT2D eigenvalue weighted by molar-refractivity contribution is 0.561. The molecule has 2 aliphatic carbocycles. The van der Waals surface area contributed by atoms with Gasteiger partial charge in [-0.05, 0) is 61.8 Å². The Bertz CT molecular complexity index is 1450. The van der Waals surface area contributed by atoms with E-state index in [1.807, 2.05) is 26.8 Å². The first-order chi connectivity index (χ1) is 16.2. The molecular weight excluding hydrogens is 452 g/mol. The Balaban J connectivity index is 1.61. The van der Waals surface area contributed by atoms with Gasteiger partial charge in [-0.25, -0.2) is 13.1 Å². The smallest absolute Gasteiger partial charge is 0.253 e. The van der Waals surface area contributed by atoms with Crippen molar-refractivity contribution in [2.75, 3.05) is 23.7 Å². The van der Waals surface area contributed by atoms with Crippen molar-refractivity contribution >= 4 is 32.2 Å². The summed E-state index contributed by atoms with van der Waals surface area (Å²) in [6, 6.07) is 3.51. The average Bonchev–Trinajstić information content (AvgIpc) is 3.59. The van der Waals surface area contributed by atoms with Crippen molar-refractivity contribution in [3.63, 3.8) is 0 Å². The molecular formula is C25H30N4O4S. The van der Waals surface area contributed by atoms with Crippen LogP contribution in [0.25, 0.3) is 10.8 Å². The third kappa shape index (κ3) is 3.90. The van der Waals surface area contributed by atoms with Crippen LogP contribution in [0, 0.1) is 5.92 Å². The zero-order valence-corrected chi connectivity index (χ0v) is 20.5. The normalized spacial score (nSPS) is 18.1. The van der Waals surface area contributed by atoms with Gasteiger partial charge in [0.15, 0.2) is 0 Å². The van der Waals surface area contributed by atoms with Crippen LogP contribution in [0.1, 0.15) is 68.8 Å². The molecule has 3 aromatic rings. The maximum Gasteiger partial charge on any atom is 0.253 e. The van der Waals surface area contributed by atoms with E-state index in [0.29, 0.717) is 48.6 Å². The molecule has 1 heterocycles. The van der Waals surface area contributed by atoms with Crippen molar-refractivity contribution < 1.29 is 8.42 Å². The molecule has 1 aromatic heterocycles. The Kier molecular flexibility index (Phi) is 5.72. The van der Waals surface area contributed by atoms with Crippen LogP contribution in [0.5, 0.6) is 0 Å². The first-order valence-corrected chi connectivity index (χ1v) is 13.5. The van der Waals surface area contributed by atoms with E-state index >= 15 is 0 Å². The van der Waals surface area contributed by atoms with Crippen molar-refractivity contribution in [1.82, 2.24) is 9.71 Å². The minimum absolute atomic E-state index is 0.190. The zero-order chi connectivity index (χ0) is 24.2. The van der Waals surface area contributed by atoms with Crippen LogP contribution in [0.4, 0.5) is 11.4 Å². The molecule has 34 heavy (non-hydrogen) atoms. The van der Waals surface area contributed by atoms with Gasteiger partial charge in [0.05, 0.1) is 10.9 Å². The molecule has 1 saturated carbocycles. The molecule has 0 radical (unpaired) electrons. The number of benzene rings is 1. The summed E-state index contributed by atoms with van der Waals surface area (Å²) in [5, 5.41) is 7.70. The van der Waals surface area contributed by atoms with E-state index in [2.05, 4.69) is 20.3 Å². The second-order valence-corrected chi connectivity index (χ2v) is 11.5. The standard InChI is InChI=1S/C25H30N4O4S/c1-4-26-22-23(25(31)24(22)30)29-18-8-7-15-9-20(34(32,33)28-11-13(2)3)16-10-19(14-5-6-14)27-12-17(16)21(15)18/h9-10,12-14,18,26,28-29H,4-8,11H2,1-3H3/t18-/m1/s1. The molecule has 3 N–H and O–H groups in total. The van der Waals surface area contributed by atoms with E-state index in [-0.39, 0.29) is 16.9 Å². The van der Waals surface area contributed by atoms with Crippen LogP contribution in [0.15, 0.2) is 32.8 Å². The van der Waals surface area contributed by atoms with Gasteiger partial charge in [0.1, 0.15) is 11.4 Å². The maximum absolute atomic E-state index is 13.3. The fourth-order valence-corrected chi connectivity index (χ4v) is 6.28. The predicted molar refractivity (Wildman–Crippen MR) is 134 cm³/mol. The third-order valence-electron chi connectivity index (χ3n) is 6.73. The van der Waals surface area contributed by atoms with Gasteiger partial charge in [0, 0.05) is 41.7 Å². The van der Waals surface area contributed by atoms with E-state index in [9.17, 15) is 18.0 Å². The summed E-state index contributed by atoms with van der Waals surface area (Å²) >= 11 is 0. The van der Waals surface area contributed by atoms with Crippen LogP contribution in [-0.4, -0.2) is 26.5 Å². The number of nitrogens with one attached hydrogen (secondary N) is 3. The molecule has 0 unspecified atom stereocenters. The van der Waals surface area contributed by atoms with Crippen molar-refractivity contribution in [2.24, 2.45) is 5.92 Å². The number of fused-ring (bicyclic) bond motifs is 3. The Morgan fingerprint density at radius 1 is 1.06 bits per heavy atom. The average molecular weight is 483 g/mol. The summed E-state index contributed by atoms with van der Waals surface area (Å²) in [5.74, 6) is 0.576. The minimum Gasteiger partial charge on any atom is -0.380 e. The number of rotatable bonds is 9. The van der Waals surface area contributed by atoms with Gasteiger partial charge in [0.25, 0.3) is 10.9 Å². The molecule has 5 rings (SSSR count). The lowest BCUT2D eigenvalue weighted by atomic mass is 9.98. The number of sulfonamides is 1. The highest BCUT2D eigenvalue weighted by atomic mass is 32.2. The number of hydrogen-bond donors (Lipinski definition) is 3. The van der Waals surface area contributed by atoms with Crippen LogP contribution in [-0.2, 0) is 16.4 Å². The predicted octanol–water partition coefficient (Wildman–Crippen LogP) is 3.17. The molecule has 0 bridgehead atoms. The van der Waals surface area contributed by atoms with Gasteiger partial charge in [-0.3, -0.25) is 14.6 Å². The van der Waals surface area contributed by atoms with E-state index in [4.69, 9.17) is 0 Å². The minimum atomic E-state index is -3.71. The monoisotopic (exact) mass is 482 g/mol. The van der Waals surface area contributed by atoms with Crippen molar-refractivity contribution in [3.05, 3.63) is 55.6 Å². The topological polar surface area (TPSA) is 117 Å². The Morgan fingerprint density at radius 2 is 1.79 bits per heavy atom. The van der Waals surface area contributed by atoms with E-state index in [1.165, 1.54) is 0 Å². The molecule has 0 aliphatic heterocycles. The summed E-state index contributed by atoms with van der Waals surface area (Å²) in [5.41, 5.74) is 2.45. The van der Waals surface area contributed by atoms with Crippen molar-refractivity contribution in [3.8, 4) is 0 Å². The Morgan fingerprint density at radius 3 is 2.47 bits per heavy atom. The van der Waals surface area contributed by atoms with Crippen molar-refractivity contribution in [2.45, 2.75) is 63.3 Å². The fourth-order valence-electron chi connectivity index (χ4n) is 4.81. The SMILES string of the molecule is CCNc1c(N[C@@H]2CCc3cc(S(=O)(=O)NCC(C)C)c4cc(C5CC5)ncc4c32)c(=O)c1=O. The quantitative estimate of drug-likeness (QED) is 0.401. The fraction of sp³-hybridized carbons (Fsp3) is 0.480. The van der Waals surface area contributed by atoms with Crippen LogP contribution in [0.2, 0.25) is 0 Å². The number of aryl methyl sites for hydroxylation is 1. The van der Waals surface area contributed by atoms with Gasteiger partial charge in [-0.2, -0.15) is 0 Å². The van der Waals surface area contributed by atoms with Gasteiger partial charge < -0.3 is 10.6 Å². The van der Waals surface area contributed by atoms with Crippen LogP contribution >= 0.6 is 0 Å². The Labute approximate surface area is 198 Å². The molecule has 2 aliphatic rings. The molecule has 2 aromatic carbocycles. The van der Waals surface area contributed by atoms with E-state index < -0.39 is 20.9 Å². The van der Waals surface area contributed by atoms with Gasteiger partial charge >= 0.3 is 0 Å². The Hall–Kier alpha value is -2.78. The molecule has 180 valence electrons.